The molecule has 0 aliphatic heterocycles. The van der Waals surface area contributed by atoms with Crippen LogP contribution in [0.2, 0.25) is 0 Å². The van der Waals surface area contributed by atoms with Crippen LogP contribution in [0.1, 0.15) is 51.9 Å². The molecule has 0 saturated carbocycles. The van der Waals surface area contributed by atoms with Crippen molar-refractivity contribution < 1.29 is 9.90 Å². The first-order chi connectivity index (χ1) is 13.8. The van der Waals surface area contributed by atoms with E-state index < -0.39 is 16.4 Å². The highest BCUT2D eigenvalue weighted by Crippen LogP contribution is 2.49. The Morgan fingerprint density at radius 2 is 1.04 bits per heavy atom. The molecule has 0 aliphatic carbocycles. The second-order valence-corrected chi connectivity index (χ2v) is 7.01. The molecule has 0 amide bonds. The summed E-state index contributed by atoms with van der Waals surface area (Å²) in [4.78, 5) is 12.3. The quantitative estimate of drug-likeness (QED) is 0.338. The van der Waals surface area contributed by atoms with Crippen molar-refractivity contribution in [3.05, 3.63) is 78.4 Å². The molecule has 0 saturated heterocycles. The highest BCUT2D eigenvalue weighted by Gasteiger charge is 2.25. The number of carboxylic acids is 1. The van der Waals surface area contributed by atoms with E-state index in [2.05, 4.69) is 24.3 Å². The SMILES string of the molecule is CC.CC.CC.O=C([O-])c1ccccc1-[s+]1c2ccccc2c2ccccc21. The number of benzene rings is 3. The smallest absolute Gasteiger partial charge is 0.188 e. The van der Waals surface area contributed by atoms with Crippen molar-refractivity contribution in [3.63, 3.8) is 0 Å². The summed E-state index contributed by atoms with van der Waals surface area (Å²) in [5, 5.41) is 13.9. The average molecular weight is 395 g/mol. The zero-order chi connectivity index (χ0) is 21.1. The van der Waals surface area contributed by atoms with Gasteiger partial charge in [0, 0.05) is 21.2 Å². The van der Waals surface area contributed by atoms with Gasteiger partial charge >= 0.3 is 0 Å². The van der Waals surface area contributed by atoms with Crippen molar-refractivity contribution in [3.8, 4) is 4.90 Å². The van der Waals surface area contributed by atoms with Crippen molar-refractivity contribution in [2.45, 2.75) is 41.5 Å². The van der Waals surface area contributed by atoms with Gasteiger partial charge in [-0.3, -0.25) is 0 Å². The summed E-state index contributed by atoms with van der Waals surface area (Å²) in [5.41, 5.74) is 0.275. The van der Waals surface area contributed by atoms with Crippen LogP contribution >= 0.6 is 10.5 Å². The maximum absolute atomic E-state index is 11.5. The van der Waals surface area contributed by atoms with E-state index in [1.165, 1.54) is 20.2 Å². The van der Waals surface area contributed by atoms with Gasteiger partial charge in [-0.2, -0.15) is 0 Å². The molecule has 4 aromatic rings. The summed E-state index contributed by atoms with van der Waals surface area (Å²) in [6.07, 6.45) is 0. The molecule has 0 atom stereocenters. The van der Waals surface area contributed by atoms with E-state index in [9.17, 15) is 9.90 Å². The van der Waals surface area contributed by atoms with Gasteiger partial charge in [0.25, 0.3) is 0 Å². The lowest BCUT2D eigenvalue weighted by Gasteiger charge is -2.04. The fourth-order valence-corrected chi connectivity index (χ4v) is 5.42. The molecule has 0 aliphatic rings. The highest BCUT2D eigenvalue weighted by molar-refractivity contribution is 7.50. The molecule has 0 fully saturated rings. The van der Waals surface area contributed by atoms with Gasteiger partial charge in [-0.25, -0.2) is 0 Å². The summed E-state index contributed by atoms with van der Waals surface area (Å²) in [7, 11) is -0.394. The lowest BCUT2D eigenvalue weighted by Crippen LogP contribution is -2.22. The number of carbonyl (C=O) groups is 1. The lowest BCUT2D eigenvalue weighted by atomic mass is 10.2. The lowest BCUT2D eigenvalue weighted by molar-refractivity contribution is -0.254. The minimum atomic E-state index is -1.12. The van der Waals surface area contributed by atoms with Crippen molar-refractivity contribution in [2.24, 2.45) is 0 Å². The Balaban J connectivity index is 0.000000599. The molecule has 0 radical (unpaired) electrons. The molecular formula is C25H30O2S. The summed E-state index contributed by atoms with van der Waals surface area (Å²) >= 11 is 0. The molecule has 0 spiro atoms. The van der Waals surface area contributed by atoms with Crippen molar-refractivity contribution in [1.82, 2.24) is 0 Å². The van der Waals surface area contributed by atoms with Gasteiger partial charge in [-0.05, 0) is 36.4 Å². The third kappa shape index (κ3) is 4.60. The number of thiophene rings is 1. The van der Waals surface area contributed by atoms with Crippen molar-refractivity contribution >= 4 is 36.6 Å². The van der Waals surface area contributed by atoms with Crippen LogP contribution in [-0.4, -0.2) is 5.97 Å². The molecule has 1 heterocycles. The molecule has 148 valence electrons. The van der Waals surface area contributed by atoms with Gasteiger partial charge in [0.2, 0.25) is 0 Å². The topological polar surface area (TPSA) is 40.1 Å². The van der Waals surface area contributed by atoms with E-state index in [0.717, 1.165) is 4.90 Å². The number of hydrogen-bond acceptors (Lipinski definition) is 2. The number of carboxylic acid groups (broad SMARTS) is 1. The van der Waals surface area contributed by atoms with E-state index in [1.807, 2.05) is 77.9 Å². The Kier molecular flexibility index (Phi) is 9.97. The third-order valence-electron chi connectivity index (χ3n) is 3.83. The largest absolute Gasteiger partial charge is 0.545 e. The van der Waals surface area contributed by atoms with Crippen LogP contribution in [-0.2, 0) is 0 Å². The number of hydrogen-bond donors (Lipinski definition) is 0. The number of fused-ring (bicyclic) bond motifs is 3. The van der Waals surface area contributed by atoms with Gasteiger partial charge in [-0.15, -0.1) is 0 Å². The molecule has 0 bridgehead atoms. The van der Waals surface area contributed by atoms with Gasteiger partial charge in [0.15, 0.2) is 14.3 Å². The maximum Gasteiger partial charge on any atom is 0.188 e. The number of aromatic carboxylic acids is 1. The molecule has 0 unspecified atom stereocenters. The molecule has 4 rings (SSSR count). The van der Waals surface area contributed by atoms with Crippen LogP contribution in [0, 0.1) is 0 Å². The average Bonchev–Trinajstić information content (AvgIpc) is 3.12. The predicted octanol–water partition coefficient (Wildman–Crippen LogP) is 7.17. The fraction of sp³-hybridized carbons (Fsp3) is 0.240. The Morgan fingerprint density at radius 1 is 0.643 bits per heavy atom. The minimum absolute atomic E-state index is 0.275. The van der Waals surface area contributed by atoms with Gasteiger partial charge in [0.1, 0.15) is 0 Å². The zero-order valence-corrected chi connectivity index (χ0v) is 18.5. The predicted molar refractivity (Wildman–Crippen MR) is 124 cm³/mol. The maximum atomic E-state index is 11.5. The van der Waals surface area contributed by atoms with Crippen LogP contribution in [0.4, 0.5) is 0 Å². The summed E-state index contributed by atoms with van der Waals surface area (Å²) in [6.45, 7) is 12.0. The van der Waals surface area contributed by atoms with E-state index in [-0.39, 0.29) is 5.56 Å². The minimum Gasteiger partial charge on any atom is -0.545 e. The summed E-state index contributed by atoms with van der Waals surface area (Å²) in [5.74, 6) is -1.12. The summed E-state index contributed by atoms with van der Waals surface area (Å²) < 4.78 is 2.36. The Hall–Kier alpha value is -2.65. The normalized spacial score (nSPS) is 9.36. The van der Waals surface area contributed by atoms with Crippen molar-refractivity contribution in [1.29, 1.82) is 0 Å². The van der Waals surface area contributed by atoms with Gasteiger partial charge in [-0.1, -0.05) is 77.9 Å². The van der Waals surface area contributed by atoms with Crippen LogP contribution in [0.25, 0.3) is 25.1 Å². The van der Waals surface area contributed by atoms with Gasteiger partial charge < -0.3 is 9.90 Å². The Morgan fingerprint density at radius 3 is 1.50 bits per heavy atom. The fourth-order valence-electron chi connectivity index (χ4n) is 2.90. The van der Waals surface area contributed by atoms with E-state index in [4.69, 9.17) is 0 Å². The molecule has 1 aromatic heterocycles. The van der Waals surface area contributed by atoms with E-state index in [0.29, 0.717) is 0 Å². The van der Waals surface area contributed by atoms with E-state index in [1.54, 1.807) is 12.1 Å². The molecule has 0 N–H and O–H groups in total. The van der Waals surface area contributed by atoms with Gasteiger partial charge in [0.05, 0.1) is 11.5 Å². The van der Waals surface area contributed by atoms with Crippen LogP contribution in [0.15, 0.2) is 72.8 Å². The molecule has 3 aromatic carbocycles. The monoisotopic (exact) mass is 394 g/mol. The Labute approximate surface area is 171 Å². The molecule has 28 heavy (non-hydrogen) atoms. The van der Waals surface area contributed by atoms with E-state index >= 15 is 0 Å². The van der Waals surface area contributed by atoms with Crippen LogP contribution < -0.4 is 5.11 Å². The van der Waals surface area contributed by atoms with Crippen LogP contribution in [0.3, 0.4) is 0 Å². The standard InChI is InChI=1S/C19H12O2S.3C2H6/c20-19(21)15-9-3-6-12-18(15)22-16-10-4-1-7-13(16)14-8-2-5-11-17(14)22;3*1-2/h1-12H;3*1-2H3. The Bertz CT molecular complexity index is 962. The number of rotatable bonds is 2. The first-order valence-electron chi connectivity index (χ1n) is 10.0. The molecule has 2 nitrogen and oxygen atoms in total. The molecule has 3 heteroatoms. The van der Waals surface area contributed by atoms with Crippen LogP contribution in [0.5, 0.6) is 0 Å². The first-order valence-corrected chi connectivity index (χ1v) is 11.2. The van der Waals surface area contributed by atoms with Crippen molar-refractivity contribution in [2.75, 3.05) is 0 Å². The first kappa shape index (κ1) is 23.4. The molecular weight excluding hydrogens is 364 g/mol. The highest BCUT2D eigenvalue weighted by atomic mass is 32.2. The third-order valence-corrected chi connectivity index (χ3v) is 6.22. The summed E-state index contributed by atoms with van der Waals surface area (Å²) in [6, 6.07) is 23.6. The second kappa shape index (κ2) is 11.9. The second-order valence-electron chi connectivity index (χ2n) is 5.08. The zero-order valence-electron chi connectivity index (χ0n) is 17.7. The number of carbonyl (C=O) groups excluding carboxylic acids is 1.